The fourth-order valence-electron chi connectivity index (χ4n) is 3.33. The summed E-state index contributed by atoms with van der Waals surface area (Å²) < 4.78 is 0. The van der Waals surface area contributed by atoms with Crippen LogP contribution in [0.15, 0.2) is 24.3 Å². The Labute approximate surface area is 114 Å². The second-order valence-corrected chi connectivity index (χ2v) is 5.76. The lowest BCUT2D eigenvalue weighted by molar-refractivity contribution is 0.0774. The van der Waals surface area contributed by atoms with Crippen molar-refractivity contribution in [2.24, 2.45) is 11.1 Å². The molecule has 1 unspecified atom stereocenters. The molecule has 2 saturated heterocycles. The Balaban J connectivity index is 1.78. The molecule has 102 valence electrons. The number of nitrogens with two attached hydrogens (primary N) is 1. The lowest BCUT2D eigenvalue weighted by Gasteiger charge is -2.23. The molecule has 2 fully saturated rings. The molecular formula is C15H21N3O. The lowest BCUT2D eigenvalue weighted by Crippen LogP contribution is -2.33. The molecule has 1 amide bonds. The van der Waals surface area contributed by atoms with Gasteiger partial charge < -0.3 is 16.0 Å². The fourth-order valence-corrected chi connectivity index (χ4v) is 3.33. The molecule has 1 spiro atoms. The van der Waals surface area contributed by atoms with Crippen LogP contribution in [0.5, 0.6) is 0 Å². The predicted molar refractivity (Wildman–Crippen MR) is 74.8 cm³/mol. The van der Waals surface area contributed by atoms with E-state index in [9.17, 15) is 4.79 Å². The van der Waals surface area contributed by atoms with Crippen molar-refractivity contribution in [3.8, 4) is 0 Å². The summed E-state index contributed by atoms with van der Waals surface area (Å²) in [5.41, 5.74) is 7.76. The van der Waals surface area contributed by atoms with E-state index in [4.69, 9.17) is 5.73 Å². The van der Waals surface area contributed by atoms with Crippen LogP contribution in [0.25, 0.3) is 0 Å². The maximum Gasteiger partial charge on any atom is 0.254 e. The van der Waals surface area contributed by atoms with Crippen LogP contribution in [-0.4, -0.2) is 37.0 Å². The van der Waals surface area contributed by atoms with E-state index in [1.165, 1.54) is 6.42 Å². The summed E-state index contributed by atoms with van der Waals surface area (Å²) in [6, 6.07) is 7.68. The van der Waals surface area contributed by atoms with Crippen LogP contribution in [-0.2, 0) is 6.54 Å². The molecule has 1 aromatic rings. The molecule has 2 aliphatic rings. The van der Waals surface area contributed by atoms with Gasteiger partial charge in [0, 0.05) is 37.2 Å². The molecule has 3 rings (SSSR count). The second kappa shape index (κ2) is 4.94. The van der Waals surface area contributed by atoms with E-state index in [0.717, 1.165) is 43.7 Å². The smallest absolute Gasteiger partial charge is 0.254 e. The first kappa shape index (κ1) is 12.6. The van der Waals surface area contributed by atoms with E-state index >= 15 is 0 Å². The summed E-state index contributed by atoms with van der Waals surface area (Å²) >= 11 is 0. The Morgan fingerprint density at radius 1 is 1.37 bits per heavy atom. The maximum atomic E-state index is 12.6. The number of likely N-dealkylation sites (tertiary alicyclic amines) is 1. The zero-order chi connectivity index (χ0) is 13.3. The average molecular weight is 259 g/mol. The molecule has 0 bridgehead atoms. The summed E-state index contributed by atoms with van der Waals surface area (Å²) in [4.78, 5) is 14.6. The van der Waals surface area contributed by atoms with Gasteiger partial charge in [-0.1, -0.05) is 18.2 Å². The van der Waals surface area contributed by atoms with E-state index in [0.29, 0.717) is 12.0 Å². The van der Waals surface area contributed by atoms with Gasteiger partial charge in [0.15, 0.2) is 0 Å². The van der Waals surface area contributed by atoms with Crippen LogP contribution in [0, 0.1) is 5.41 Å². The third-order valence-corrected chi connectivity index (χ3v) is 4.53. The monoisotopic (exact) mass is 259 g/mol. The highest BCUT2D eigenvalue weighted by atomic mass is 16.2. The van der Waals surface area contributed by atoms with Crippen LogP contribution in [0.3, 0.4) is 0 Å². The Bertz CT molecular complexity index is 480. The maximum absolute atomic E-state index is 12.6. The quantitative estimate of drug-likeness (QED) is 0.832. The third-order valence-electron chi connectivity index (χ3n) is 4.53. The molecule has 0 aromatic heterocycles. The van der Waals surface area contributed by atoms with Crippen molar-refractivity contribution in [3.63, 3.8) is 0 Å². The Hall–Kier alpha value is -1.39. The van der Waals surface area contributed by atoms with Crippen molar-refractivity contribution in [1.82, 2.24) is 10.2 Å². The van der Waals surface area contributed by atoms with E-state index < -0.39 is 0 Å². The molecule has 19 heavy (non-hydrogen) atoms. The van der Waals surface area contributed by atoms with Gasteiger partial charge in [0.1, 0.15) is 0 Å². The molecule has 0 aliphatic carbocycles. The molecule has 1 aromatic carbocycles. The molecule has 4 nitrogen and oxygen atoms in total. The molecule has 2 heterocycles. The molecule has 1 atom stereocenters. The summed E-state index contributed by atoms with van der Waals surface area (Å²) in [6.45, 7) is 4.32. The van der Waals surface area contributed by atoms with Gasteiger partial charge in [-0.2, -0.15) is 0 Å². The number of amides is 1. The number of hydrogen-bond donors (Lipinski definition) is 2. The predicted octanol–water partition coefficient (Wildman–Crippen LogP) is 0.971. The van der Waals surface area contributed by atoms with Gasteiger partial charge in [-0.15, -0.1) is 0 Å². The van der Waals surface area contributed by atoms with Crippen molar-refractivity contribution >= 4 is 5.91 Å². The largest absolute Gasteiger partial charge is 0.338 e. The highest BCUT2D eigenvalue weighted by Crippen LogP contribution is 2.36. The van der Waals surface area contributed by atoms with Crippen molar-refractivity contribution < 1.29 is 4.79 Å². The zero-order valence-electron chi connectivity index (χ0n) is 11.2. The molecule has 3 N–H and O–H groups in total. The van der Waals surface area contributed by atoms with Gasteiger partial charge in [-0.05, 0) is 31.0 Å². The first-order valence-electron chi connectivity index (χ1n) is 7.02. The topological polar surface area (TPSA) is 58.4 Å². The highest BCUT2D eigenvalue weighted by Gasteiger charge is 2.42. The first-order chi connectivity index (χ1) is 9.24. The number of carbonyl (C=O) groups excluding carboxylic acids is 1. The van der Waals surface area contributed by atoms with E-state index in [1.807, 2.05) is 29.2 Å². The van der Waals surface area contributed by atoms with Crippen molar-refractivity contribution in [2.75, 3.05) is 26.2 Å². The lowest BCUT2D eigenvalue weighted by atomic mass is 9.86. The van der Waals surface area contributed by atoms with Crippen LogP contribution >= 0.6 is 0 Å². The SMILES string of the molecule is NCc1ccccc1C(=O)N1CCC2(CCNC2)C1. The molecule has 0 radical (unpaired) electrons. The van der Waals surface area contributed by atoms with Crippen LogP contribution < -0.4 is 11.1 Å². The number of carbonyl (C=O) groups is 1. The van der Waals surface area contributed by atoms with Crippen LogP contribution in [0.4, 0.5) is 0 Å². The van der Waals surface area contributed by atoms with Gasteiger partial charge in [0.05, 0.1) is 0 Å². The first-order valence-corrected chi connectivity index (χ1v) is 7.02. The minimum absolute atomic E-state index is 0.143. The minimum atomic E-state index is 0.143. The van der Waals surface area contributed by atoms with Crippen molar-refractivity contribution in [3.05, 3.63) is 35.4 Å². The van der Waals surface area contributed by atoms with E-state index in [1.54, 1.807) is 0 Å². The van der Waals surface area contributed by atoms with Crippen LogP contribution in [0.2, 0.25) is 0 Å². The van der Waals surface area contributed by atoms with Gasteiger partial charge in [-0.25, -0.2) is 0 Å². The number of nitrogens with zero attached hydrogens (tertiary/aromatic N) is 1. The average Bonchev–Trinajstić information content (AvgIpc) is 3.09. The number of nitrogens with one attached hydrogen (secondary N) is 1. The van der Waals surface area contributed by atoms with Gasteiger partial charge in [0.25, 0.3) is 5.91 Å². The third kappa shape index (κ3) is 2.26. The standard InChI is InChI=1S/C15H21N3O/c16-9-12-3-1-2-4-13(12)14(19)18-8-6-15(11-18)5-7-17-10-15/h1-4,17H,5-11,16H2. The second-order valence-electron chi connectivity index (χ2n) is 5.76. The minimum Gasteiger partial charge on any atom is -0.338 e. The van der Waals surface area contributed by atoms with Gasteiger partial charge >= 0.3 is 0 Å². The van der Waals surface area contributed by atoms with Gasteiger partial charge in [-0.3, -0.25) is 4.79 Å². The Morgan fingerprint density at radius 3 is 2.95 bits per heavy atom. The Kier molecular flexibility index (Phi) is 3.29. The molecular weight excluding hydrogens is 238 g/mol. The summed E-state index contributed by atoms with van der Waals surface area (Å²) in [5.74, 6) is 0.143. The van der Waals surface area contributed by atoms with E-state index in [-0.39, 0.29) is 5.91 Å². The summed E-state index contributed by atoms with van der Waals surface area (Å²) in [5, 5.41) is 3.42. The summed E-state index contributed by atoms with van der Waals surface area (Å²) in [6.07, 6.45) is 2.31. The zero-order valence-corrected chi connectivity index (χ0v) is 11.2. The van der Waals surface area contributed by atoms with E-state index in [2.05, 4.69) is 5.32 Å². The van der Waals surface area contributed by atoms with Crippen molar-refractivity contribution in [1.29, 1.82) is 0 Å². The number of rotatable bonds is 2. The fraction of sp³-hybridized carbons (Fsp3) is 0.533. The Morgan fingerprint density at radius 2 is 2.21 bits per heavy atom. The molecule has 0 saturated carbocycles. The van der Waals surface area contributed by atoms with Crippen molar-refractivity contribution in [2.45, 2.75) is 19.4 Å². The number of benzene rings is 1. The number of hydrogen-bond acceptors (Lipinski definition) is 3. The highest BCUT2D eigenvalue weighted by molar-refractivity contribution is 5.95. The van der Waals surface area contributed by atoms with Crippen LogP contribution in [0.1, 0.15) is 28.8 Å². The summed E-state index contributed by atoms with van der Waals surface area (Å²) in [7, 11) is 0. The molecule has 4 heteroatoms. The van der Waals surface area contributed by atoms with Gasteiger partial charge in [0.2, 0.25) is 0 Å². The molecule has 2 aliphatic heterocycles. The normalized spacial score (nSPS) is 26.3.